The molecule has 2 heterocycles. The van der Waals surface area contributed by atoms with Crippen molar-refractivity contribution in [2.75, 3.05) is 11.6 Å². The second-order valence-corrected chi connectivity index (χ2v) is 6.53. The summed E-state index contributed by atoms with van der Waals surface area (Å²) in [5.41, 5.74) is 3.15. The van der Waals surface area contributed by atoms with Crippen LogP contribution in [0.2, 0.25) is 0 Å². The van der Waals surface area contributed by atoms with Crippen LogP contribution in [0.5, 0.6) is 0 Å². The van der Waals surface area contributed by atoms with E-state index in [0.29, 0.717) is 17.0 Å². The Bertz CT molecular complexity index is 821. The highest BCUT2D eigenvalue weighted by molar-refractivity contribution is 7.83. The smallest absolute Gasteiger partial charge is 0.257 e. The van der Waals surface area contributed by atoms with Gasteiger partial charge < -0.3 is 9.72 Å². The molecule has 0 saturated carbocycles. The minimum absolute atomic E-state index is 0.168. The molecule has 1 atom stereocenters. The maximum Gasteiger partial charge on any atom is 0.257 e. The van der Waals surface area contributed by atoms with Gasteiger partial charge in [-0.1, -0.05) is 24.3 Å². The minimum atomic E-state index is -0.954. The molecule has 0 radical (unpaired) electrons. The zero-order valence-electron chi connectivity index (χ0n) is 12.2. The summed E-state index contributed by atoms with van der Waals surface area (Å²) in [6.45, 7) is 0. The average Bonchev–Trinajstić information content (AvgIpc) is 2.93. The summed E-state index contributed by atoms with van der Waals surface area (Å²) < 4.78 is 13.3. The number of nitrogens with zero attached hydrogens (tertiary/aromatic N) is 1. The molecule has 1 aromatic carbocycles. The molecule has 22 heavy (non-hydrogen) atoms. The quantitative estimate of drug-likeness (QED) is 0.805. The van der Waals surface area contributed by atoms with Gasteiger partial charge in [0.15, 0.2) is 0 Å². The number of para-hydroxylation sites is 1. The van der Waals surface area contributed by atoms with E-state index >= 15 is 0 Å². The summed E-state index contributed by atoms with van der Waals surface area (Å²) >= 11 is 0. The van der Waals surface area contributed by atoms with Crippen molar-refractivity contribution in [3.05, 3.63) is 72.1 Å². The third kappa shape index (κ3) is 3.09. The maximum absolute atomic E-state index is 12.4. The number of hydrogen-bond acceptors (Lipinski definition) is 2. The van der Waals surface area contributed by atoms with Crippen LogP contribution in [-0.4, -0.2) is 20.8 Å². The molecule has 5 heteroatoms. The molecule has 0 unspecified atom stereocenters. The number of anilines is 1. The van der Waals surface area contributed by atoms with E-state index in [2.05, 4.69) is 5.32 Å². The van der Waals surface area contributed by atoms with Crippen molar-refractivity contribution < 1.29 is 9.00 Å². The molecule has 0 aliphatic rings. The van der Waals surface area contributed by atoms with E-state index in [1.54, 1.807) is 12.5 Å². The van der Waals surface area contributed by atoms with E-state index in [0.717, 1.165) is 11.1 Å². The Balaban J connectivity index is 1.86. The molecule has 0 aliphatic carbocycles. The maximum atomic E-state index is 12.4. The lowest BCUT2D eigenvalue weighted by molar-refractivity contribution is 0.102. The first-order chi connectivity index (χ1) is 10.6. The van der Waals surface area contributed by atoms with Crippen LogP contribution < -0.4 is 5.32 Å². The largest absolute Gasteiger partial charge is 0.323 e. The summed E-state index contributed by atoms with van der Waals surface area (Å²) in [6, 6.07) is 15.1. The first-order valence-electron chi connectivity index (χ1n) is 6.89. The van der Waals surface area contributed by atoms with Crippen molar-refractivity contribution in [1.82, 2.24) is 4.40 Å². The molecule has 2 aromatic heterocycles. The molecule has 0 aliphatic heterocycles. The van der Waals surface area contributed by atoms with Gasteiger partial charge in [0.05, 0.1) is 11.3 Å². The van der Waals surface area contributed by atoms with Gasteiger partial charge in [-0.25, -0.2) is 0 Å². The van der Waals surface area contributed by atoms with Crippen LogP contribution in [0.3, 0.4) is 0 Å². The van der Waals surface area contributed by atoms with E-state index in [1.807, 2.05) is 59.1 Å². The van der Waals surface area contributed by atoms with Gasteiger partial charge in [0.2, 0.25) is 0 Å². The van der Waals surface area contributed by atoms with Gasteiger partial charge in [-0.2, -0.15) is 0 Å². The van der Waals surface area contributed by atoms with Gasteiger partial charge in [0.1, 0.15) is 0 Å². The number of aromatic nitrogens is 1. The molecule has 4 nitrogen and oxygen atoms in total. The topological polar surface area (TPSA) is 50.6 Å². The lowest BCUT2D eigenvalue weighted by atomic mass is 10.2. The van der Waals surface area contributed by atoms with Crippen LogP contribution in [0.1, 0.15) is 15.9 Å². The van der Waals surface area contributed by atoms with Crippen LogP contribution in [0, 0.1) is 0 Å². The first-order valence-corrected chi connectivity index (χ1v) is 8.62. The van der Waals surface area contributed by atoms with E-state index in [-0.39, 0.29) is 5.91 Å². The van der Waals surface area contributed by atoms with E-state index in [1.165, 1.54) is 0 Å². The highest BCUT2D eigenvalue weighted by Gasteiger charge is 2.11. The van der Waals surface area contributed by atoms with Crippen molar-refractivity contribution in [2.45, 2.75) is 5.75 Å². The predicted octanol–water partition coefficient (Wildman–Crippen LogP) is 3.07. The Morgan fingerprint density at radius 1 is 1.18 bits per heavy atom. The lowest BCUT2D eigenvalue weighted by Gasteiger charge is -2.09. The Morgan fingerprint density at radius 2 is 1.95 bits per heavy atom. The van der Waals surface area contributed by atoms with Crippen LogP contribution in [0.4, 0.5) is 5.69 Å². The highest BCUT2D eigenvalue weighted by atomic mass is 32.2. The van der Waals surface area contributed by atoms with Crippen LogP contribution in [0.15, 0.2) is 60.9 Å². The number of amides is 1. The van der Waals surface area contributed by atoms with Gasteiger partial charge in [-0.15, -0.1) is 0 Å². The molecule has 0 spiro atoms. The van der Waals surface area contributed by atoms with Crippen molar-refractivity contribution in [3.8, 4) is 0 Å². The number of hydrogen-bond donors (Lipinski definition) is 1. The number of carbonyl (C=O) groups excluding carboxylic acids is 1. The molecule has 1 N–H and O–H groups in total. The molecule has 3 rings (SSSR count). The number of benzene rings is 1. The molecule has 0 bridgehead atoms. The van der Waals surface area contributed by atoms with Crippen molar-refractivity contribution in [1.29, 1.82) is 0 Å². The number of carbonyl (C=O) groups is 1. The van der Waals surface area contributed by atoms with Crippen LogP contribution >= 0.6 is 0 Å². The van der Waals surface area contributed by atoms with Gasteiger partial charge in [-0.05, 0) is 29.8 Å². The molecule has 3 aromatic rings. The van der Waals surface area contributed by atoms with Gasteiger partial charge >= 0.3 is 0 Å². The predicted molar refractivity (Wildman–Crippen MR) is 89.6 cm³/mol. The van der Waals surface area contributed by atoms with E-state index in [9.17, 15) is 9.00 Å². The minimum Gasteiger partial charge on any atom is -0.323 e. The molecule has 0 saturated heterocycles. The summed E-state index contributed by atoms with van der Waals surface area (Å²) in [5, 5.41) is 2.91. The summed E-state index contributed by atoms with van der Waals surface area (Å²) in [6.07, 6.45) is 5.35. The van der Waals surface area contributed by atoms with Gasteiger partial charge in [0.25, 0.3) is 5.91 Å². The average molecular weight is 312 g/mol. The summed E-state index contributed by atoms with van der Waals surface area (Å²) in [5.74, 6) is 0.256. The molecule has 1 amide bonds. The second-order valence-electron chi connectivity index (χ2n) is 5.09. The zero-order chi connectivity index (χ0) is 15.5. The molecule has 112 valence electrons. The van der Waals surface area contributed by atoms with Crippen molar-refractivity contribution in [2.24, 2.45) is 0 Å². The number of rotatable bonds is 4. The Labute approximate surface area is 131 Å². The Kier molecular flexibility index (Phi) is 4.06. The number of pyridine rings is 1. The lowest BCUT2D eigenvalue weighted by Crippen LogP contribution is -2.13. The molecular formula is C17H16N2O2S. The number of fused-ring (bicyclic) bond motifs is 1. The van der Waals surface area contributed by atoms with E-state index in [4.69, 9.17) is 0 Å². The SMILES string of the molecule is C[S@](=O)Cc1ccccc1NC(=O)c1cc2ccccn2c1. The van der Waals surface area contributed by atoms with E-state index < -0.39 is 10.8 Å². The highest BCUT2D eigenvalue weighted by Crippen LogP contribution is 2.18. The first kappa shape index (κ1) is 14.5. The summed E-state index contributed by atoms with van der Waals surface area (Å²) in [4.78, 5) is 12.4. The molecular weight excluding hydrogens is 296 g/mol. The third-order valence-corrected chi connectivity index (χ3v) is 4.11. The van der Waals surface area contributed by atoms with Gasteiger partial charge in [0, 0.05) is 40.7 Å². The second kappa shape index (κ2) is 6.15. The number of nitrogens with one attached hydrogen (secondary N) is 1. The van der Waals surface area contributed by atoms with Crippen molar-refractivity contribution in [3.63, 3.8) is 0 Å². The Hall–Kier alpha value is -2.40. The fourth-order valence-electron chi connectivity index (χ4n) is 2.36. The fourth-order valence-corrected chi connectivity index (χ4v) is 3.05. The fraction of sp³-hybridized carbons (Fsp3) is 0.118. The molecule has 0 fully saturated rings. The van der Waals surface area contributed by atoms with Crippen molar-refractivity contribution >= 4 is 27.9 Å². The zero-order valence-corrected chi connectivity index (χ0v) is 13.0. The monoisotopic (exact) mass is 312 g/mol. The van der Waals surface area contributed by atoms with Crippen LogP contribution in [-0.2, 0) is 16.6 Å². The standard InChI is InChI=1S/C17H16N2O2S/c1-22(21)12-13-6-2-3-8-16(13)18-17(20)14-10-15-7-4-5-9-19(15)11-14/h2-11H,12H2,1H3,(H,18,20)/t22-/m0/s1. The summed E-state index contributed by atoms with van der Waals surface area (Å²) in [7, 11) is -0.954. The third-order valence-electron chi connectivity index (χ3n) is 3.39. The Morgan fingerprint density at radius 3 is 2.73 bits per heavy atom. The van der Waals surface area contributed by atoms with Crippen LogP contribution in [0.25, 0.3) is 5.52 Å². The van der Waals surface area contributed by atoms with Gasteiger partial charge in [-0.3, -0.25) is 9.00 Å². The normalized spacial score (nSPS) is 12.2.